The first-order valence-corrected chi connectivity index (χ1v) is 13.2. The smallest absolute Gasteiger partial charge is 0.326 e. The van der Waals surface area contributed by atoms with Crippen LogP contribution in [0.1, 0.15) is 32.6 Å². The molecule has 0 bridgehead atoms. The molecule has 0 N–H and O–H groups in total. The molecule has 11 heteroatoms. The van der Waals surface area contributed by atoms with Gasteiger partial charge in [-0.25, -0.2) is 8.42 Å². The maximum atomic E-state index is 12.5. The molecule has 1 aliphatic rings. The fourth-order valence-corrected chi connectivity index (χ4v) is 5.72. The average molecular weight is 482 g/mol. The van der Waals surface area contributed by atoms with Crippen LogP contribution in [-0.4, -0.2) is 66.9 Å². The van der Waals surface area contributed by atoms with Crippen molar-refractivity contribution in [2.24, 2.45) is 4.99 Å². The van der Waals surface area contributed by atoms with Gasteiger partial charge in [0, 0.05) is 13.1 Å². The van der Waals surface area contributed by atoms with E-state index >= 15 is 0 Å². The van der Waals surface area contributed by atoms with Gasteiger partial charge in [0.1, 0.15) is 18.1 Å². The lowest BCUT2D eigenvalue weighted by Gasteiger charge is -2.19. The Balaban J connectivity index is 1.78. The van der Waals surface area contributed by atoms with Crippen molar-refractivity contribution in [1.82, 2.24) is 9.47 Å². The molecule has 1 aliphatic heterocycles. The van der Waals surface area contributed by atoms with Gasteiger partial charge in [0.25, 0.3) is 5.91 Å². The number of amides is 2. The van der Waals surface area contributed by atoms with Crippen LogP contribution in [0.4, 0.5) is 0 Å². The number of carbonyl (C=O) groups excluding carboxylic acids is 3. The molecule has 1 fully saturated rings. The Morgan fingerprint density at radius 3 is 2.44 bits per heavy atom. The van der Waals surface area contributed by atoms with E-state index in [-0.39, 0.29) is 18.0 Å². The van der Waals surface area contributed by atoms with Crippen LogP contribution in [0.25, 0.3) is 10.2 Å². The first kappa shape index (κ1) is 24.1. The molecule has 1 aromatic heterocycles. The van der Waals surface area contributed by atoms with E-state index in [1.165, 1.54) is 15.9 Å². The molecule has 9 nitrogen and oxygen atoms in total. The Kier molecular flexibility index (Phi) is 8.19. The predicted molar refractivity (Wildman–Crippen MR) is 121 cm³/mol. The average Bonchev–Trinajstić information content (AvgIpc) is 2.90. The second-order valence-electron chi connectivity index (χ2n) is 7.58. The number of para-hydroxylation sites is 1. The van der Waals surface area contributed by atoms with Gasteiger partial charge >= 0.3 is 5.97 Å². The molecular formula is C21H27N3O6S2. The van der Waals surface area contributed by atoms with Crippen LogP contribution >= 0.6 is 11.3 Å². The third-order valence-corrected chi connectivity index (χ3v) is 7.48. The van der Waals surface area contributed by atoms with Crippen LogP contribution in [0.15, 0.2) is 29.3 Å². The maximum Gasteiger partial charge on any atom is 0.326 e. The lowest BCUT2D eigenvalue weighted by molar-refractivity contribution is -0.143. The summed E-state index contributed by atoms with van der Waals surface area (Å²) < 4.78 is 32.3. The van der Waals surface area contributed by atoms with Crippen LogP contribution in [0.3, 0.4) is 0 Å². The Morgan fingerprint density at radius 2 is 1.75 bits per heavy atom. The zero-order valence-corrected chi connectivity index (χ0v) is 19.6. The number of benzene rings is 1. The standard InChI is InChI=1S/C21H27N3O6S2/c1-2-30-20(27)13-24-16-9-5-6-10-17(16)31-21(24)22-18(25)14-32(28,29)15-19(26)23-11-7-3-4-8-12-23/h5-6,9-10H,2-4,7-8,11-15H2,1H3. The molecule has 2 amide bonds. The van der Waals surface area contributed by atoms with Crippen LogP contribution < -0.4 is 4.80 Å². The van der Waals surface area contributed by atoms with Crippen molar-refractivity contribution in [2.45, 2.75) is 39.2 Å². The van der Waals surface area contributed by atoms with Crippen LogP contribution in [0, 0.1) is 0 Å². The number of ether oxygens (including phenoxy) is 1. The van der Waals surface area contributed by atoms with Gasteiger partial charge in [0.2, 0.25) is 5.91 Å². The van der Waals surface area contributed by atoms with Gasteiger partial charge in [-0.15, -0.1) is 0 Å². The highest BCUT2D eigenvalue weighted by Crippen LogP contribution is 2.17. The molecule has 174 valence electrons. The van der Waals surface area contributed by atoms with E-state index in [1.54, 1.807) is 24.0 Å². The normalized spacial score (nSPS) is 15.5. The molecule has 0 aliphatic carbocycles. The highest BCUT2D eigenvalue weighted by Gasteiger charge is 2.25. The second-order valence-corrected chi connectivity index (χ2v) is 10.6. The Labute approximate surface area is 190 Å². The van der Waals surface area contributed by atoms with Crippen LogP contribution in [0.5, 0.6) is 0 Å². The lowest BCUT2D eigenvalue weighted by Crippen LogP contribution is -2.37. The first-order chi connectivity index (χ1) is 15.3. The summed E-state index contributed by atoms with van der Waals surface area (Å²) in [6.07, 6.45) is 3.75. The summed E-state index contributed by atoms with van der Waals surface area (Å²) in [4.78, 5) is 42.6. The van der Waals surface area contributed by atoms with Gasteiger partial charge in [0.05, 0.1) is 16.8 Å². The van der Waals surface area contributed by atoms with E-state index in [1.807, 2.05) is 12.1 Å². The summed E-state index contributed by atoms with van der Waals surface area (Å²) >= 11 is 1.17. The number of rotatable bonds is 7. The number of likely N-dealkylation sites (tertiary alicyclic amines) is 1. The van der Waals surface area contributed by atoms with Crippen LogP contribution in [-0.2, 0) is 35.5 Å². The van der Waals surface area contributed by atoms with Gasteiger partial charge < -0.3 is 14.2 Å². The van der Waals surface area contributed by atoms with Crippen LogP contribution in [0.2, 0.25) is 0 Å². The summed E-state index contributed by atoms with van der Waals surface area (Å²) in [6, 6.07) is 7.21. The van der Waals surface area contributed by atoms with E-state index in [4.69, 9.17) is 4.74 Å². The number of nitrogens with zero attached hydrogens (tertiary/aromatic N) is 3. The molecular weight excluding hydrogens is 454 g/mol. The van der Waals surface area contributed by atoms with E-state index in [0.717, 1.165) is 30.4 Å². The van der Waals surface area contributed by atoms with E-state index in [0.29, 0.717) is 18.6 Å². The number of sulfone groups is 1. The predicted octanol–water partition coefficient (Wildman–Crippen LogP) is 1.51. The summed E-state index contributed by atoms with van der Waals surface area (Å²) in [5.41, 5.74) is 0.691. The zero-order chi connectivity index (χ0) is 23.1. The third kappa shape index (κ3) is 6.49. The van der Waals surface area contributed by atoms with Crippen molar-refractivity contribution < 1.29 is 27.5 Å². The molecule has 0 atom stereocenters. The maximum absolute atomic E-state index is 12.5. The zero-order valence-electron chi connectivity index (χ0n) is 18.0. The van der Waals surface area contributed by atoms with E-state index in [2.05, 4.69) is 4.99 Å². The van der Waals surface area contributed by atoms with Gasteiger partial charge in [-0.3, -0.25) is 14.4 Å². The lowest BCUT2D eigenvalue weighted by atomic mass is 10.2. The molecule has 2 heterocycles. The Hall–Kier alpha value is -2.53. The van der Waals surface area contributed by atoms with Gasteiger partial charge in [-0.05, 0) is 31.9 Å². The van der Waals surface area contributed by atoms with E-state index in [9.17, 15) is 22.8 Å². The molecule has 0 unspecified atom stereocenters. The number of thiazole rings is 1. The number of esters is 1. The SMILES string of the molecule is CCOC(=O)Cn1c(=NC(=O)CS(=O)(=O)CC(=O)N2CCCCCC2)sc2ccccc21. The minimum Gasteiger partial charge on any atom is -0.465 e. The number of fused-ring (bicyclic) bond motifs is 1. The van der Waals surface area contributed by atoms with E-state index < -0.39 is 39.1 Å². The minimum atomic E-state index is -3.97. The minimum absolute atomic E-state index is 0.149. The molecule has 1 aromatic carbocycles. The molecule has 2 aromatic rings. The number of hydrogen-bond acceptors (Lipinski definition) is 7. The molecule has 32 heavy (non-hydrogen) atoms. The molecule has 0 radical (unpaired) electrons. The molecule has 3 rings (SSSR count). The summed E-state index contributed by atoms with van der Waals surface area (Å²) in [6.45, 7) is 2.85. The number of hydrogen-bond donors (Lipinski definition) is 0. The highest BCUT2D eigenvalue weighted by molar-refractivity contribution is 7.92. The molecule has 0 spiro atoms. The summed E-state index contributed by atoms with van der Waals surface area (Å²) in [5.74, 6) is -3.40. The van der Waals surface area contributed by atoms with Gasteiger partial charge in [0.15, 0.2) is 14.6 Å². The summed E-state index contributed by atoms with van der Waals surface area (Å²) in [5, 5.41) is 0. The quantitative estimate of drug-likeness (QED) is 0.554. The number of carbonyl (C=O) groups is 3. The third-order valence-electron chi connectivity index (χ3n) is 5.05. The van der Waals surface area contributed by atoms with Gasteiger partial charge in [-0.2, -0.15) is 4.99 Å². The first-order valence-electron chi connectivity index (χ1n) is 10.6. The van der Waals surface area contributed by atoms with Crippen molar-refractivity contribution >= 4 is 49.2 Å². The highest BCUT2D eigenvalue weighted by atomic mass is 32.2. The topological polar surface area (TPSA) is 115 Å². The van der Waals surface area contributed by atoms with Gasteiger partial charge in [-0.1, -0.05) is 36.3 Å². The Morgan fingerprint density at radius 1 is 1.06 bits per heavy atom. The monoisotopic (exact) mass is 481 g/mol. The second kappa shape index (κ2) is 10.9. The molecule has 1 saturated heterocycles. The van der Waals surface area contributed by atoms with Crippen molar-refractivity contribution in [3.8, 4) is 0 Å². The van der Waals surface area contributed by atoms with Crippen molar-refractivity contribution in [3.63, 3.8) is 0 Å². The molecule has 0 saturated carbocycles. The fraction of sp³-hybridized carbons (Fsp3) is 0.524. The largest absolute Gasteiger partial charge is 0.465 e. The number of aromatic nitrogens is 1. The Bertz CT molecular complexity index is 1160. The van der Waals surface area contributed by atoms with Crippen molar-refractivity contribution in [1.29, 1.82) is 0 Å². The fourth-order valence-electron chi connectivity index (χ4n) is 3.57. The van der Waals surface area contributed by atoms with Crippen molar-refractivity contribution in [3.05, 3.63) is 29.1 Å². The summed E-state index contributed by atoms with van der Waals surface area (Å²) in [7, 11) is -3.97. The van der Waals surface area contributed by atoms with Crippen molar-refractivity contribution in [2.75, 3.05) is 31.2 Å².